The molecule has 0 aliphatic heterocycles. The van der Waals surface area contributed by atoms with Gasteiger partial charge in [-0.05, 0) is 43.5 Å². The van der Waals surface area contributed by atoms with Crippen molar-refractivity contribution in [3.05, 3.63) is 35.4 Å². The van der Waals surface area contributed by atoms with Crippen LogP contribution in [0.2, 0.25) is 0 Å². The van der Waals surface area contributed by atoms with Gasteiger partial charge in [0.2, 0.25) is 0 Å². The Morgan fingerprint density at radius 2 is 1.48 bits per heavy atom. The van der Waals surface area contributed by atoms with Crippen LogP contribution in [-0.4, -0.2) is 28.6 Å². The van der Waals surface area contributed by atoms with Gasteiger partial charge in [-0.2, -0.15) is 0 Å². The number of hydrogen-bond acceptors (Lipinski definition) is 2. The summed E-state index contributed by atoms with van der Waals surface area (Å²) in [5.41, 5.74) is 2.25. The summed E-state index contributed by atoms with van der Waals surface area (Å²) in [5.74, 6) is 0. The normalized spacial score (nSPS) is 13.7. The molecule has 0 aliphatic rings. The molecule has 1 rings (SSSR count). The van der Waals surface area contributed by atoms with Gasteiger partial charge in [0.05, 0.1) is 11.6 Å². The maximum absolute atomic E-state index is 11.0. The average Bonchev–Trinajstić information content (AvgIpc) is 2.53. The number of rotatable bonds is 9. The van der Waals surface area contributed by atoms with Crippen LogP contribution in [0.15, 0.2) is 24.3 Å². The van der Waals surface area contributed by atoms with E-state index in [4.69, 9.17) is 0 Å². The van der Waals surface area contributed by atoms with Gasteiger partial charge >= 0.3 is 0 Å². The molecule has 1 aromatic rings. The summed E-state index contributed by atoms with van der Waals surface area (Å²) in [5, 5.41) is 11.0. The second-order valence-electron chi connectivity index (χ2n) is 5.88. The van der Waals surface area contributed by atoms with E-state index in [1.165, 1.54) is 5.56 Å². The molecule has 0 aromatic heterocycles. The van der Waals surface area contributed by atoms with Crippen molar-refractivity contribution < 1.29 is 5.11 Å². The summed E-state index contributed by atoms with van der Waals surface area (Å²) in [6, 6.07) is 8.55. The molecule has 0 saturated heterocycles. The number of aliphatic hydroxyl groups is 1. The summed E-state index contributed by atoms with van der Waals surface area (Å²) < 4.78 is 0. The molecule has 0 bridgehead atoms. The lowest BCUT2D eigenvalue weighted by Gasteiger charge is -2.46. The highest BCUT2D eigenvalue weighted by Crippen LogP contribution is 2.37. The number of nitrogens with zero attached hydrogens (tertiary/aromatic N) is 1. The zero-order valence-electron chi connectivity index (χ0n) is 14.5. The summed E-state index contributed by atoms with van der Waals surface area (Å²) >= 11 is 0. The number of benzene rings is 1. The molecule has 0 amide bonds. The zero-order valence-corrected chi connectivity index (χ0v) is 14.5. The van der Waals surface area contributed by atoms with Crippen LogP contribution in [0.25, 0.3) is 0 Å². The number of aryl methyl sites for hydroxylation is 1. The quantitative estimate of drug-likeness (QED) is 0.720. The van der Waals surface area contributed by atoms with Gasteiger partial charge in [-0.3, -0.25) is 4.90 Å². The minimum atomic E-state index is -0.428. The van der Waals surface area contributed by atoms with Crippen molar-refractivity contribution in [1.29, 1.82) is 0 Å². The highest BCUT2D eigenvalue weighted by Gasteiger charge is 2.39. The highest BCUT2D eigenvalue weighted by atomic mass is 16.3. The van der Waals surface area contributed by atoms with E-state index in [9.17, 15) is 5.11 Å². The van der Waals surface area contributed by atoms with E-state index in [2.05, 4.69) is 63.8 Å². The minimum absolute atomic E-state index is 0.157. The molecule has 0 radical (unpaired) electrons. The molecule has 1 aromatic carbocycles. The van der Waals surface area contributed by atoms with Gasteiger partial charge in [0.15, 0.2) is 0 Å². The van der Waals surface area contributed by atoms with E-state index < -0.39 is 6.10 Å². The average molecular weight is 291 g/mol. The van der Waals surface area contributed by atoms with E-state index in [-0.39, 0.29) is 5.54 Å². The first-order valence-electron chi connectivity index (χ1n) is 8.61. The van der Waals surface area contributed by atoms with Gasteiger partial charge in [-0.1, -0.05) is 65.3 Å². The third-order valence-electron chi connectivity index (χ3n) is 4.96. The van der Waals surface area contributed by atoms with Crippen molar-refractivity contribution in [1.82, 2.24) is 4.90 Å². The van der Waals surface area contributed by atoms with E-state index in [1.807, 2.05) is 0 Å². The largest absolute Gasteiger partial charge is 0.386 e. The molecule has 2 nitrogen and oxygen atoms in total. The predicted molar refractivity (Wildman–Crippen MR) is 91.6 cm³/mol. The number of likely N-dealkylation sites (N-methyl/N-ethyl adjacent to an activating group) is 1. The van der Waals surface area contributed by atoms with E-state index >= 15 is 0 Å². The SMILES string of the molecule is CCCc1ccc(C(O)C(CC)(CC)N(CC)CC)cc1. The first-order chi connectivity index (χ1) is 10.1. The summed E-state index contributed by atoms with van der Waals surface area (Å²) in [7, 11) is 0. The number of aliphatic hydroxyl groups excluding tert-OH is 1. The van der Waals surface area contributed by atoms with E-state index in [0.29, 0.717) is 0 Å². The van der Waals surface area contributed by atoms with E-state index in [0.717, 1.165) is 44.3 Å². The molecule has 0 saturated carbocycles. The molecule has 0 spiro atoms. The van der Waals surface area contributed by atoms with Crippen molar-refractivity contribution in [2.75, 3.05) is 13.1 Å². The van der Waals surface area contributed by atoms with Crippen LogP contribution in [0.1, 0.15) is 71.1 Å². The van der Waals surface area contributed by atoms with Crippen molar-refractivity contribution in [3.63, 3.8) is 0 Å². The second kappa shape index (κ2) is 8.55. The fraction of sp³-hybridized carbons (Fsp3) is 0.684. The maximum Gasteiger partial charge on any atom is 0.0973 e. The summed E-state index contributed by atoms with van der Waals surface area (Å²) in [6.07, 6.45) is 3.77. The molecule has 120 valence electrons. The Balaban J connectivity index is 3.07. The maximum atomic E-state index is 11.0. The van der Waals surface area contributed by atoms with Crippen LogP contribution in [0.3, 0.4) is 0 Å². The lowest BCUT2D eigenvalue weighted by atomic mass is 9.80. The molecule has 2 heteroatoms. The third-order valence-corrected chi connectivity index (χ3v) is 4.96. The molecule has 21 heavy (non-hydrogen) atoms. The monoisotopic (exact) mass is 291 g/mol. The Bertz CT molecular complexity index is 391. The highest BCUT2D eigenvalue weighted by molar-refractivity contribution is 5.26. The molecular weight excluding hydrogens is 258 g/mol. The molecule has 0 aliphatic carbocycles. The van der Waals surface area contributed by atoms with Gasteiger partial charge in [0.1, 0.15) is 0 Å². The van der Waals surface area contributed by atoms with Crippen LogP contribution < -0.4 is 0 Å². The Labute approximate surface area is 131 Å². The van der Waals surface area contributed by atoms with E-state index in [1.54, 1.807) is 0 Å². The lowest BCUT2D eigenvalue weighted by molar-refractivity contribution is -0.0366. The Hall–Kier alpha value is -0.860. The molecule has 0 heterocycles. The predicted octanol–water partition coefficient (Wildman–Crippen LogP) is 4.57. The van der Waals surface area contributed by atoms with Crippen molar-refractivity contribution >= 4 is 0 Å². The molecule has 1 N–H and O–H groups in total. The Morgan fingerprint density at radius 1 is 0.952 bits per heavy atom. The number of hydrogen-bond donors (Lipinski definition) is 1. The molecule has 0 fully saturated rings. The zero-order chi connectivity index (χ0) is 15.9. The van der Waals surface area contributed by atoms with Crippen molar-refractivity contribution in [2.24, 2.45) is 0 Å². The molecular formula is C19H33NO. The van der Waals surface area contributed by atoms with Crippen LogP contribution in [0.5, 0.6) is 0 Å². The Kier molecular flexibility index (Phi) is 7.41. The van der Waals surface area contributed by atoms with Crippen LogP contribution >= 0.6 is 0 Å². The van der Waals surface area contributed by atoms with Gasteiger partial charge < -0.3 is 5.11 Å². The molecule has 1 unspecified atom stereocenters. The van der Waals surface area contributed by atoms with Gasteiger partial charge in [-0.25, -0.2) is 0 Å². The van der Waals surface area contributed by atoms with Crippen molar-refractivity contribution in [3.8, 4) is 0 Å². The third kappa shape index (κ3) is 3.87. The standard InChI is InChI=1S/C19H33NO/c1-6-11-16-12-14-17(15-13-16)18(21)19(7-2,8-3)20(9-4)10-5/h12-15,18,21H,6-11H2,1-5H3. The second-order valence-corrected chi connectivity index (χ2v) is 5.88. The van der Waals surface area contributed by atoms with Crippen molar-refractivity contribution in [2.45, 2.75) is 71.9 Å². The van der Waals surface area contributed by atoms with Crippen LogP contribution in [0, 0.1) is 0 Å². The first-order valence-corrected chi connectivity index (χ1v) is 8.61. The van der Waals surface area contributed by atoms with Gasteiger partial charge in [0.25, 0.3) is 0 Å². The minimum Gasteiger partial charge on any atom is -0.386 e. The topological polar surface area (TPSA) is 23.5 Å². The van der Waals surface area contributed by atoms with Gasteiger partial charge in [-0.15, -0.1) is 0 Å². The smallest absolute Gasteiger partial charge is 0.0973 e. The molecule has 1 atom stereocenters. The lowest BCUT2D eigenvalue weighted by Crippen LogP contribution is -2.52. The van der Waals surface area contributed by atoms with Gasteiger partial charge in [0, 0.05) is 0 Å². The first kappa shape index (κ1) is 18.2. The summed E-state index contributed by atoms with van der Waals surface area (Å²) in [4.78, 5) is 2.41. The Morgan fingerprint density at radius 3 is 1.86 bits per heavy atom. The fourth-order valence-electron chi connectivity index (χ4n) is 3.58. The van der Waals surface area contributed by atoms with Crippen LogP contribution in [-0.2, 0) is 6.42 Å². The van der Waals surface area contributed by atoms with Crippen LogP contribution in [0.4, 0.5) is 0 Å². The fourth-order valence-corrected chi connectivity index (χ4v) is 3.58. The summed E-state index contributed by atoms with van der Waals surface area (Å²) in [6.45, 7) is 12.9.